The van der Waals surface area contributed by atoms with Crippen LogP contribution in [-0.4, -0.2) is 29.1 Å². The topological polar surface area (TPSA) is 55.6 Å². The van der Waals surface area contributed by atoms with Crippen molar-refractivity contribution in [3.63, 3.8) is 0 Å². The van der Waals surface area contributed by atoms with E-state index in [4.69, 9.17) is 9.26 Å². The zero-order valence-electron chi connectivity index (χ0n) is 12.0. The highest BCUT2D eigenvalue weighted by molar-refractivity contribution is 5.94. The van der Waals surface area contributed by atoms with E-state index in [2.05, 4.69) is 5.16 Å². The molecule has 21 heavy (non-hydrogen) atoms. The van der Waals surface area contributed by atoms with Gasteiger partial charge >= 0.3 is 0 Å². The summed E-state index contributed by atoms with van der Waals surface area (Å²) in [5.41, 5.74) is 1.11. The number of hydrogen-bond acceptors (Lipinski definition) is 4. The van der Waals surface area contributed by atoms with E-state index in [1.165, 1.54) is 0 Å². The molecule has 1 amide bonds. The average Bonchev–Trinajstić information content (AvgIpc) is 3.15. The van der Waals surface area contributed by atoms with Crippen LogP contribution in [0.3, 0.4) is 0 Å². The summed E-state index contributed by atoms with van der Waals surface area (Å²) in [5, 5.41) is 3.93. The summed E-state index contributed by atoms with van der Waals surface area (Å²) in [6, 6.07) is 9.51. The van der Waals surface area contributed by atoms with Gasteiger partial charge < -0.3 is 14.2 Å². The summed E-state index contributed by atoms with van der Waals surface area (Å²) in [4.78, 5) is 14.3. The molecule has 1 aromatic carbocycles. The maximum absolute atomic E-state index is 12.4. The molecule has 0 atom stereocenters. The monoisotopic (exact) mass is 286 g/mol. The second kappa shape index (κ2) is 5.99. The van der Waals surface area contributed by atoms with Crippen LogP contribution in [0.5, 0.6) is 5.75 Å². The van der Waals surface area contributed by atoms with Crippen LogP contribution in [0.4, 0.5) is 0 Å². The minimum absolute atomic E-state index is 0.0592. The fourth-order valence-corrected chi connectivity index (χ4v) is 2.47. The maximum Gasteiger partial charge on any atom is 0.276 e. The Morgan fingerprint density at radius 1 is 1.29 bits per heavy atom. The van der Waals surface area contributed by atoms with Crippen LogP contribution in [0.2, 0.25) is 0 Å². The molecule has 2 aromatic rings. The molecule has 1 aliphatic rings. The summed E-state index contributed by atoms with van der Waals surface area (Å²) in [6.07, 6.45) is 2.11. The molecule has 0 bridgehead atoms. The summed E-state index contributed by atoms with van der Waals surface area (Å²) in [7, 11) is 0. The molecule has 1 saturated heterocycles. The lowest BCUT2D eigenvalue weighted by Gasteiger charge is -2.14. The Kier molecular flexibility index (Phi) is 3.90. The van der Waals surface area contributed by atoms with Crippen molar-refractivity contribution < 1.29 is 14.1 Å². The third kappa shape index (κ3) is 2.91. The van der Waals surface area contributed by atoms with Crippen LogP contribution < -0.4 is 4.74 Å². The van der Waals surface area contributed by atoms with Crippen molar-refractivity contribution in [1.82, 2.24) is 10.1 Å². The van der Waals surface area contributed by atoms with Gasteiger partial charge in [0.25, 0.3) is 5.91 Å². The average molecular weight is 286 g/mol. The summed E-state index contributed by atoms with van der Waals surface area (Å²) in [5.74, 6) is 1.34. The number of benzene rings is 1. The van der Waals surface area contributed by atoms with Crippen molar-refractivity contribution in [3.05, 3.63) is 47.3 Å². The first-order valence-electron chi connectivity index (χ1n) is 7.18. The van der Waals surface area contributed by atoms with E-state index < -0.39 is 0 Å². The van der Waals surface area contributed by atoms with E-state index in [9.17, 15) is 4.79 Å². The number of para-hydroxylation sites is 1. The van der Waals surface area contributed by atoms with Crippen molar-refractivity contribution in [2.45, 2.75) is 26.4 Å². The number of likely N-dealkylation sites (tertiary alicyclic amines) is 1. The van der Waals surface area contributed by atoms with Crippen LogP contribution in [0.25, 0.3) is 0 Å². The van der Waals surface area contributed by atoms with Crippen molar-refractivity contribution in [2.24, 2.45) is 0 Å². The lowest BCUT2D eigenvalue weighted by atomic mass is 10.2. The first-order chi connectivity index (χ1) is 10.3. The number of aromatic nitrogens is 1. The van der Waals surface area contributed by atoms with E-state index in [-0.39, 0.29) is 12.5 Å². The molecule has 0 radical (unpaired) electrons. The van der Waals surface area contributed by atoms with Crippen LogP contribution in [0.1, 0.15) is 34.7 Å². The Labute approximate surface area is 123 Å². The van der Waals surface area contributed by atoms with E-state index in [1.807, 2.05) is 35.2 Å². The Morgan fingerprint density at radius 3 is 2.71 bits per heavy atom. The molecule has 5 nitrogen and oxygen atoms in total. The highest BCUT2D eigenvalue weighted by Gasteiger charge is 2.26. The molecule has 0 unspecified atom stereocenters. The number of amides is 1. The van der Waals surface area contributed by atoms with E-state index in [1.54, 1.807) is 6.92 Å². The van der Waals surface area contributed by atoms with Gasteiger partial charge in [0, 0.05) is 13.1 Å². The number of hydrogen-bond donors (Lipinski definition) is 0. The number of nitrogens with zero attached hydrogens (tertiary/aromatic N) is 2. The fourth-order valence-electron chi connectivity index (χ4n) is 2.47. The van der Waals surface area contributed by atoms with Crippen LogP contribution in [0, 0.1) is 6.92 Å². The van der Waals surface area contributed by atoms with Crippen LogP contribution in [0.15, 0.2) is 34.9 Å². The van der Waals surface area contributed by atoms with Crippen LogP contribution >= 0.6 is 0 Å². The predicted octanol–water partition coefficient (Wildman–Crippen LogP) is 2.80. The summed E-state index contributed by atoms with van der Waals surface area (Å²) < 4.78 is 10.9. The highest BCUT2D eigenvalue weighted by atomic mass is 16.5. The lowest BCUT2D eigenvalue weighted by Crippen LogP contribution is -2.28. The minimum Gasteiger partial charge on any atom is -0.489 e. The highest BCUT2D eigenvalue weighted by Crippen LogP contribution is 2.20. The largest absolute Gasteiger partial charge is 0.489 e. The van der Waals surface area contributed by atoms with Crippen molar-refractivity contribution >= 4 is 5.91 Å². The molecule has 3 rings (SSSR count). The Balaban J connectivity index is 1.75. The third-order valence-corrected chi connectivity index (χ3v) is 3.71. The van der Waals surface area contributed by atoms with Gasteiger partial charge in [-0.05, 0) is 31.9 Å². The van der Waals surface area contributed by atoms with Crippen LogP contribution in [-0.2, 0) is 6.61 Å². The molecule has 1 aromatic heterocycles. The molecule has 110 valence electrons. The van der Waals surface area contributed by atoms with Crippen molar-refractivity contribution in [1.29, 1.82) is 0 Å². The minimum atomic E-state index is -0.0592. The van der Waals surface area contributed by atoms with Gasteiger partial charge in [0.05, 0.1) is 5.56 Å². The lowest BCUT2D eigenvalue weighted by molar-refractivity contribution is 0.0780. The first-order valence-corrected chi connectivity index (χ1v) is 7.18. The van der Waals surface area contributed by atoms with Gasteiger partial charge in [-0.15, -0.1) is 0 Å². The number of ether oxygens (including phenoxy) is 1. The van der Waals surface area contributed by atoms with Gasteiger partial charge in [-0.25, -0.2) is 0 Å². The summed E-state index contributed by atoms with van der Waals surface area (Å²) in [6.45, 7) is 3.68. The Morgan fingerprint density at radius 2 is 2.00 bits per heavy atom. The third-order valence-electron chi connectivity index (χ3n) is 3.71. The summed E-state index contributed by atoms with van der Waals surface area (Å²) >= 11 is 0. The maximum atomic E-state index is 12.4. The predicted molar refractivity (Wildman–Crippen MR) is 77.2 cm³/mol. The molecule has 1 aliphatic heterocycles. The molecule has 1 fully saturated rings. The number of carbonyl (C=O) groups excluding carboxylic acids is 1. The molecule has 5 heteroatoms. The first kappa shape index (κ1) is 13.7. The molecule has 0 saturated carbocycles. The molecular formula is C16H18N2O3. The zero-order chi connectivity index (χ0) is 14.7. The van der Waals surface area contributed by atoms with E-state index >= 15 is 0 Å². The number of carbonyl (C=O) groups is 1. The van der Waals surface area contributed by atoms with Gasteiger partial charge in [-0.2, -0.15) is 0 Å². The van der Waals surface area contributed by atoms with Crippen molar-refractivity contribution in [2.75, 3.05) is 13.1 Å². The smallest absolute Gasteiger partial charge is 0.276 e. The molecule has 0 N–H and O–H groups in total. The Hall–Kier alpha value is -2.30. The molecular weight excluding hydrogens is 268 g/mol. The van der Waals surface area contributed by atoms with Gasteiger partial charge in [0.2, 0.25) is 0 Å². The second-order valence-corrected chi connectivity index (χ2v) is 5.17. The number of aryl methyl sites for hydroxylation is 1. The second-order valence-electron chi connectivity index (χ2n) is 5.17. The molecule has 0 spiro atoms. The quantitative estimate of drug-likeness (QED) is 0.867. The zero-order valence-corrected chi connectivity index (χ0v) is 12.0. The Bertz CT molecular complexity index is 616. The molecule has 2 heterocycles. The molecule has 0 aliphatic carbocycles. The fraction of sp³-hybridized carbons (Fsp3) is 0.375. The van der Waals surface area contributed by atoms with Gasteiger partial charge in [-0.1, -0.05) is 23.4 Å². The van der Waals surface area contributed by atoms with E-state index in [0.29, 0.717) is 11.5 Å². The SMILES string of the molecule is Cc1onc(C(=O)N2CCCC2)c1COc1ccccc1. The van der Waals surface area contributed by atoms with Crippen molar-refractivity contribution in [3.8, 4) is 5.75 Å². The standard InChI is InChI=1S/C16H18N2O3/c1-12-14(11-20-13-7-3-2-4-8-13)15(17-21-12)16(19)18-9-5-6-10-18/h2-4,7-8H,5-6,9-11H2,1H3. The van der Waals surface area contributed by atoms with Gasteiger partial charge in [0.1, 0.15) is 18.1 Å². The van der Waals surface area contributed by atoms with Gasteiger partial charge in [0.15, 0.2) is 5.69 Å². The number of rotatable bonds is 4. The van der Waals surface area contributed by atoms with E-state index in [0.717, 1.165) is 37.2 Å². The van der Waals surface area contributed by atoms with Gasteiger partial charge in [-0.3, -0.25) is 4.79 Å². The normalized spacial score (nSPS) is 14.4.